The SMILES string of the molecule is O.O.O.O=S(=O)([O-])[O-].[Ni+2]. The first kappa shape index (κ1) is 34.9. The van der Waals surface area contributed by atoms with Crippen molar-refractivity contribution in [1.82, 2.24) is 0 Å². The molecule has 0 unspecified atom stereocenters. The zero-order chi connectivity index (χ0) is 4.50. The van der Waals surface area contributed by atoms with Crippen molar-refractivity contribution in [2.75, 3.05) is 0 Å². The molecule has 0 aromatic heterocycles. The molecule has 0 spiro atoms. The van der Waals surface area contributed by atoms with Crippen LogP contribution in [0, 0.1) is 0 Å². The fourth-order valence-corrected chi connectivity index (χ4v) is 0. The van der Waals surface area contributed by atoms with Crippen molar-refractivity contribution in [3.63, 3.8) is 0 Å². The molecule has 64 valence electrons. The van der Waals surface area contributed by atoms with Crippen LogP contribution >= 0.6 is 0 Å². The molecule has 0 fully saturated rings. The van der Waals surface area contributed by atoms with Crippen LogP contribution in [0.4, 0.5) is 0 Å². The Labute approximate surface area is 61.5 Å². The molecule has 0 atom stereocenters. The van der Waals surface area contributed by atoms with Gasteiger partial charge in [0, 0.05) is 10.4 Å². The molecule has 0 rings (SSSR count). The Morgan fingerprint density at radius 2 is 0.889 bits per heavy atom. The smallest absolute Gasteiger partial charge is 0.759 e. The van der Waals surface area contributed by atoms with E-state index in [9.17, 15) is 0 Å². The number of hydrogen-bond acceptors (Lipinski definition) is 4. The van der Waals surface area contributed by atoms with Crippen LogP contribution in [0.3, 0.4) is 0 Å². The second-order valence-corrected chi connectivity index (χ2v) is 1.22. The summed E-state index contributed by atoms with van der Waals surface area (Å²) in [5.74, 6) is 0. The van der Waals surface area contributed by atoms with Crippen LogP contribution in [0.2, 0.25) is 0 Å². The average molecular weight is 209 g/mol. The summed E-state index contributed by atoms with van der Waals surface area (Å²) in [6.45, 7) is 0. The summed E-state index contributed by atoms with van der Waals surface area (Å²) in [6.07, 6.45) is 0. The summed E-state index contributed by atoms with van der Waals surface area (Å²) < 4.78 is 34.1. The van der Waals surface area contributed by atoms with E-state index in [1.807, 2.05) is 0 Å². The molecule has 0 aromatic rings. The fourth-order valence-electron chi connectivity index (χ4n) is 0. The first-order valence-corrected chi connectivity index (χ1v) is 2.00. The van der Waals surface area contributed by atoms with E-state index in [0.717, 1.165) is 0 Å². The van der Waals surface area contributed by atoms with Crippen molar-refractivity contribution in [2.24, 2.45) is 0 Å². The number of hydrogen-bond donors (Lipinski definition) is 0. The van der Waals surface area contributed by atoms with Gasteiger partial charge in [0.1, 0.15) is 0 Å². The van der Waals surface area contributed by atoms with Gasteiger partial charge in [-0.15, -0.1) is 0 Å². The van der Waals surface area contributed by atoms with Crippen LogP contribution in [0.5, 0.6) is 0 Å². The second-order valence-electron chi connectivity index (χ2n) is 0.408. The van der Waals surface area contributed by atoms with Crippen LogP contribution in [0.15, 0.2) is 0 Å². The molecule has 7 nitrogen and oxygen atoms in total. The third kappa shape index (κ3) is 5420. The van der Waals surface area contributed by atoms with Crippen molar-refractivity contribution in [3.05, 3.63) is 0 Å². The van der Waals surface area contributed by atoms with Crippen molar-refractivity contribution < 1.29 is 50.4 Å². The molecule has 0 heterocycles. The molecule has 9 heavy (non-hydrogen) atoms. The van der Waals surface area contributed by atoms with Gasteiger partial charge in [-0.1, -0.05) is 0 Å². The van der Waals surface area contributed by atoms with Gasteiger partial charge in [-0.3, -0.25) is 8.42 Å². The predicted octanol–water partition coefficient (Wildman–Crippen LogP) is -3.81. The van der Waals surface area contributed by atoms with E-state index in [2.05, 4.69) is 0 Å². The Kier molecular flexibility index (Phi) is 43.0. The largest absolute Gasteiger partial charge is 2.00 e. The monoisotopic (exact) mass is 208 g/mol. The average Bonchev–Trinajstić information content (AvgIpc) is 0.722. The Bertz CT molecular complexity index is 92.1. The summed E-state index contributed by atoms with van der Waals surface area (Å²) in [5, 5.41) is 0. The maximum Gasteiger partial charge on any atom is 2.00 e. The van der Waals surface area contributed by atoms with Crippen molar-refractivity contribution >= 4 is 10.4 Å². The molecule has 6 N–H and O–H groups in total. The van der Waals surface area contributed by atoms with Gasteiger partial charge in [0.05, 0.1) is 0 Å². The predicted molar refractivity (Wildman–Crippen MR) is 21.3 cm³/mol. The maximum atomic E-state index is 8.52. The van der Waals surface area contributed by atoms with Crippen molar-refractivity contribution in [1.29, 1.82) is 0 Å². The quantitative estimate of drug-likeness (QED) is 0.225. The van der Waals surface area contributed by atoms with E-state index in [0.29, 0.717) is 0 Å². The summed E-state index contributed by atoms with van der Waals surface area (Å²) in [6, 6.07) is 0. The van der Waals surface area contributed by atoms with Gasteiger partial charge in [0.2, 0.25) is 0 Å². The normalized spacial score (nSPS) is 6.44. The van der Waals surface area contributed by atoms with Gasteiger partial charge in [-0.2, -0.15) is 0 Å². The van der Waals surface area contributed by atoms with E-state index in [1.54, 1.807) is 0 Å². The van der Waals surface area contributed by atoms with Crippen LogP contribution < -0.4 is 0 Å². The molecular formula is H6NiO7S. The zero-order valence-corrected chi connectivity index (χ0v) is 5.66. The van der Waals surface area contributed by atoms with Crippen LogP contribution in [-0.2, 0) is 26.9 Å². The molecule has 0 aromatic carbocycles. The van der Waals surface area contributed by atoms with Gasteiger partial charge in [-0.25, -0.2) is 0 Å². The van der Waals surface area contributed by atoms with Crippen LogP contribution in [0.25, 0.3) is 0 Å². The Morgan fingerprint density at radius 1 is 0.889 bits per heavy atom. The van der Waals surface area contributed by atoms with Gasteiger partial charge in [0.25, 0.3) is 0 Å². The van der Waals surface area contributed by atoms with Crippen LogP contribution in [0.1, 0.15) is 0 Å². The summed E-state index contributed by atoms with van der Waals surface area (Å²) >= 11 is 0. The first-order valence-electron chi connectivity index (χ1n) is 0.667. The standard InChI is InChI=1S/Ni.H2O4S.3H2O/c;1-5(2,3)4;;;/h;(H2,1,2,3,4);3*1H2/q+2;;;;/p-2. The molecule has 0 aliphatic heterocycles. The van der Waals surface area contributed by atoms with Gasteiger partial charge >= 0.3 is 16.5 Å². The first-order chi connectivity index (χ1) is 2.00. The molecule has 0 saturated heterocycles. The third-order valence-corrected chi connectivity index (χ3v) is 0. The molecule has 0 radical (unpaired) electrons. The Balaban J connectivity index is -0.0000000133. The molecule has 0 amide bonds. The van der Waals surface area contributed by atoms with Gasteiger partial charge < -0.3 is 25.5 Å². The molecule has 0 saturated carbocycles. The van der Waals surface area contributed by atoms with Gasteiger partial charge in [-0.05, 0) is 0 Å². The molecule has 0 bridgehead atoms. The summed E-state index contributed by atoms with van der Waals surface area (Å²) in [4.78, 5) is 0. The minimum absolute atomic E-state index is 0. The van der Waals surface area contributed by atoms with Gasteiger partial charge in [0.15, 0.2) is 0 Å². The topological polar surface area (TPSA) is 175 Å². The fraction of sp³-hybridized carbons (Fsp3) is 0. The minimum Gasteiger partial charge on any atom is -0.759 e. The third-order valence-electron chi connectivity index (χ3n) is 0. The minimum atomic E-state index is -5.17. The molecule has 0 aliphatic rings. The van der Waals surface area contributed by atoms with Crippen LogP contribution in [-0.4, -0.2) is 34.0 Å². The zero-order valence-electron chi connectivity index (χ0n) is 3.86. The van der Waals surface area contributed by atoms with E-state index in [-0.39, 0.29) is 32.9 Å². The van der Waals surface area contributed by atoms with Crippen molar-refractivity contribution in [2.45, 2.75) is 0 Å². The summed E-state index contributed by atoms with van der Waals surface area (Å²) in [7, 11) is -5.17. The van der Waals surface area contributed by atoms with E-state index in [4.69, 9.17) is 17.5 Å². The molecular weight excluding hydrogens is 203 g/mol. The second kappa shape index (κ2) is 11.1. The van der Waals surface area contributed by atoms with Crippen molar-refractivity contribution in [3.8, 4) is 0 Å². The maximum absolute atomic E-state index is 8.52. The summed E-state index contributed by atoms with van der Waals surface area (Å²) in [5.41, 5.74) is 0. The molecule has 9 heteroatoms. The Hall–Kier alpha value is 0.244. The Morgan fingerprint density at radius 3 is 0.889 bits per heavy atom. The van der Waals surface area contributed by atoms with E-state index >= 15 is 0 Å². The molecule has 0 aliphatic carbocycles. The number of rotatable bonds is 0. The van der Waals surface area contributed by atoms with E-state index < -0.39 is 10.4 Å². The van der Waals surface area contributed by atoms with E-state index in [1.165, 1.54) is 0 Å².